The van der Waals surface area contributed by atoms with Crippen molar-refractivity contribution < 1.29 is 24.2 Å². The maximum Gasteiger partial charge on any atom is 0.329 e. The van der Waals surface area contributed by atoms with E-state index in [4.69, 9.17) is 4.74 Å². The largest absolute Gasteiger partial charge is 0.504 e. The second-order valence-corrected chi connectivity index (χ2v) is 6.92. The summed E-state index contributed by atoms with van der Waals surface area (Å²) < 4.78 is 5.00. The number of rotatable bonds is 6. The number of nitrogens with one attached hydrogen (secondary N) is 3. The van der Waals surface area contributed by atoms with E-state index in [1.807, 2.05) is 19.1 Å². The Hall–Kier alpha value is -4.66. The number of anilines is 2. The van der Waals surface area contributed by atoms with E-state index in [-0.39, 0.29) is 28.3 Å². The molecular weight excluding hydrogens is 424 g/mol. The summed E-state index contributed by atoms with van der Waals surface area (Å²) in [5, 5.41) is 18.9. The number of ether oxygens (including phenoxy) is 1. The zero-order valence-corrected chi connectivity index (χ0v) is 18.0. The number of phenolic OH excluding ortho intramolecular Hbond substituents is 1. The Labute approximate surface area is 190 Å². The van der Waals surface area contributed by atoms with Gasteiger partial charge < -0.3 is 20.5 Å². The van der Waals surface area contributed by atoms with Crippen LogP contribution in [-0.2, 0) is 9.59 Å². The summed E-state index contributed by atoms with van der Waals surface area (Å²) >= 11 is 0. The number of aryl methyl sites for hydroxylation is 1. The molecule has 3 aromatic carbocycles. The van der Waals surface area contributed by atoms with Gasteiger partial charge in [0.25, 0.3) is 5.91 Å². The van der Waals surface area contributed by atoms with Gasteiger partial charge in [-0.05, 0) is 43.3 Å². The Morgan fingerprint density at radius 3 is 2.36 bits per heavy atom. The fourth-order valence-corrected chi connectivity index (χ4v) is 2.82. The molecule has 0 atom stereocenters. The van der Waals surface area contributed by atoms with Crippen molar-refractivity contribution in [3.63, 3.8) is 0 Å². The Morgan fingerprint density at radius 1 is 0.909 bits per heavy atom. The normalized spacial score (nSPS) is 10.5. The first-order valence-electron chi connectivity index (χ1n) is 9.86. The SMILES string of the molecule is COc1cccc(C=NNC(=O)C(=O)Nc2ccccc2C(=O)Nc2ccc(C)cc2)c1O. The van der Waals surface area contributed by atoms with Crippen LogP contribution >= 0.6 is 0 Å². The van der Waals surface area contributed by atoms with E-state index < -0.39 is 17.7 Å². The highest BCUT2D eigenvalue weighted by molar-refractivity contribution is 6.40. The molecule has 0 radical (unpaired) electrons. The molecule has 0 heterocycles. The number of aromatic hydroxyl groups is 1. The third-order valence-electron chi connectivity index (χ3n) is 4.56. The van der Waals surface area contributed by atoms with Crippen molar-refractivity contribution in [3.8, 4) is 11.5 Å². The fourth-order valence-electron chi connectivity index (χ4n) is 2.82. The predicted molar refractivity (Wildman–Crippen MR) is 125 cm³/mol. The summed E-state index contributed by atoms with van der Waals surface area (Å²) in [5.74, 6) is -2.43. The molecule has 0 saturated heterocycles. The highest BCUT2D eigenvalue weighted by atomic mass is 16.5. The lowest BCUT2D eigenvalue weighted by Gasteiger charge is -2.11. The minimum absolute atomic E-state index is 0.157. The number of phenols is 1. The van der Waals surface area contributed by atoms with Crippen LogP contribution in [0.5, 0.6) is 11.5 Å². The van der Waals surface area contributed by atoms with Gasteiger partial charge >= 0.3 is 11.8 Å². The number of methoxy groups -OCH3 is 1. The number of hydrogen-bond acceptors (Lipinski definition) is 6. The number of carbonyl (C=O) groups excluding carboxylic acids is 3. The molecule has 0 saturated carbocycles. The van der Waals surface area contributed by atoms with Gasteiger partial charge in [-0.25, -0.2) is 5.43 Å². The Morgan fingerprint density at radius 2 is 1.64 bits per heavy atom. The van der Waals surface area contributed by atoms with Gasteiger partial charge in [0.2, 0.25) is 0 Å². The third-order valence-corrected chi connectivity index (χ3v) is 4.56. The van der Waals surface area contributed by atoms with Crippen LogP contribution in [0.4, 0.5) is 11.4 Å². The Balaban J connectivity index is 1.65. The van der Waals surface area contributed by atoms with Gasteiger partial charge in [-0.1, -0.05) is 35.9 Å². The lowest BCUT2D eigenvalue weighted by molar-refractivity contribution is -0.136. The summed E-state index contributed by atoms with van der Waals surface area (Å²) in [6.45, 7) is 1.94. The molecule has 0 fully saturated rings. The van der Waals surface area contributed by atoms with Crippen molar-refractivity contribution in [2.24, 2.45) is 5.10 Å². The molecule has 0 aliphatic carbocycles. The van der Waals surface area contributed by atoms with E-state index in [1.165, 1.54) is 25.5 Å². The molecule has 0 aliphatic rings. The van der Waals surface area contributed by atoms with Crippen molar-refractivity contribution in [3.05, 3.63) is 83.4 Å². The summed E-state index contributed by atoms with van der Waals surface area (Å²) in [6.07, 6.45) is 1.17. The molecule has 0 aromatic heterocycles. The minimum atomic E-state index is -1.05. The topological polar surface area (TPSA) is 129 Å². The van der Waals surface area contributed by atoms with Crippen molar-refractivity contribution in [1.82, 2.24) is 5.43 Å². The van der Waals surface area contributed by atoms with E-state index in [9.17, 15) is 19.5 Å². The summed E-state index contributed by atoms with van der Waals surface area (Å²) in [7, 11) is 1.40. The number of hydrogen-bond donors (Lipinski definition) is 4. The first-order valence-corrected chi connectivity index (χ1v) is 9.86. The van der Waals surface area contributed by atoms with Gasteiger partial charge in [0, 0.05) is 11.3 Å². The molecule has 0 bridgehead atoms. The van der Waals surface area contributed by atoms with Gasteiger partial charge in [-0.3, -0.25) is 14.4 Å². The summed E-state index contributed by atoms with van der Waals surface area (Å²) in [4.78, 5) is 37.1. The van der Waals surface area contributed by atoms with Crippen LogP contribution in [0, 0.1) is 6.92 Å². The van der Waals surface area contributed by atoms with Crippen LogP contribution in [-0.4, -0.2) is 36.2 Å². The average molecular weight is 446 g/mol. The van der Waals surface area contributed by atoms with E-state index in [2.05, 4.69) is 21.2 Å². The zero-order valence-electron chi connectivity index (χ0n) is 18.0. The van der Waals surface area contributed by atoms with Gasteiger partial charge in [0.05, 0.1) is 24.6 Å². The van der Waals surface area contributed by atoms with Crippen molar-refractivity contribution in [2.75, 3.05) is 17.7 Å². The monoisotopic (exact) mass is 446 g/mol. The maximum absolute atomic E-state index is 12.7. The van der Waals surface area contributed by atoms with Crippen molar-refractivity contribution in [1.29, 1.82) is 0 Å². The van der Waals surface area contributed by atoms with E-state index in [0.29, 0.717) is 5.69 Å². The lowest BCUT2D eigenvalue weighted by Crippen LogP contribution is -2.33. The molecule has 3 aromatic rings. The van der Waals surface area contributed by atoms with Crippen LogP contribution < -0.4 is 20.8 Å². The van der Waals surface area contributed by atoms with Crippen LogP contribution in [0.2, 0.25) is 0 Å². The summed E-state index contributed by atoms with van der Waals surface area (Å²) in [5.41, 5.74) is 4.36. The Kier molecular flexibility index (Phi) is 7.38. The smallest absolute Gasteiger partial charge is 0.329 e. The standard InChI is InChI=1S/C24H22N4O5/c1-15-10-12-17(13-11-15)26-22(30)18-7-3-4-8-19(18)27-23(31)24(32)28-25-14-16-6-5-9-20(33-2)21(16)29/h3-14,29H,1-2H3,(H,26,30)(H,27,31)(H,28,32). The number of carbonyl (C=O) groups is 3. The zero-order chi connectivity index (χ0) is 23.8. The molecular formula is C24H22N4O5. The molecule has 9 nitrogen and oxygen atoms in total. The van der Waals surface area contributed by atoms with Crippen LogP contribution in [0.3, 0.4) is 0 Å². The van der Waals surface area contributed by atoms with Crippen molar-refractivity contribution in [2.45, 2.75) is 6.92 Å². The maximum atomic E-state index is 12.7. The van der Waals surface area contributed by atoms with E-state index >= 15 is 0 Å². The summed E-state index contributed by atoms with van der Waals surface area (Å²) in [6, 6.07) is 18.3. The van der Waals surface area contributed by atoms with Crippen LogP contribution in [0.25, 0.3) is 0 Å². The first-order chi connectivity index (χ1) is 15.9. The van der Waals surface area contributed by atoms with Gasteiger partial charge in [0.15, 0.2) is 11.5 Å². The number of benzene rings is 3. The molecule has 9 heteroatoms. The highest BCUT2D eigenvalue weighted by Gasteiger charge is 2.18. The molecule has 3 amide bonds. The highest BCUT2D eigenvalue weighted by Crippen LogP contribution is 2.27. The second-order valence-electron chi connectivity index (χ2n) is 6.92. The fraction of sp³-hybridized carbons (Fsp3) is 0.0833. The predicted octanol–water partition coefficient (Wildman–Crippen LogP) is 3.05. The lowest BCUT2D eigenvalue weighted by atomic mass is 10.1. The minimum Gasteiger partial charge on any atom is -0.504 e. The molecule has 0 spiro atoms. The number of amides is 3. The third kappa shape index (κ3) is 5.95. The molecule has 4 N–H and O–H groups in total. The Bertz CT molecular complexity index is 1210. The van der Waals surface area contributed by atoms with E-state index in [0.717, 1.165) is 5.56 Å². The molecule has 3 rings (SSSR count). The molecule has 33 heavy (non-hydrogen) atoms. The molecule has 0 aliphatic heterocycles. The number of nitrogens with zero attached hydrogens (tertiary/aromatic N) is 1. The second kappa shape index (κ2) is 10.6. The van der Waals surface area contributed by atoms with Crippen molar-refractivity contribution >= 4 is 35.3 Å². The number of para-hydroxylation sites is 2. The van der Waals surface area contributed by atoms with Gasteiger partial charge in [-0.15, -0.1) is 0 Å². The number of hydrazone groups is 1. The van der Waals surface area contributed by atoms with Gasteiger partial charge in [-0.2, -0.15) is 5.10 Å². The van der Waals surface area contributed by atoms with Crippen LogP contribution in [0.1, 0.15) is 21.5 Å². The first kappa shape index (κ1) is 23.0. The van der Waals surface area contributed by atoms with E-state index in [1.54, 1.807) is 42.5 Å². The molecule has 0 unspecified atom stereocenters. The van der Waals surface area contributed by atoms with Gasteiger partial charge in [0.1, 0.15) is 0 Å². The average Bonchev–Trinajstić information content (AvgIpc) is 2.81. The quantitative estimate of drug-likeness (QED) is 0.263. The molecule has 168 valence electrons. The van der Waals surface area contributed by atoms with Crippen LogP contribution in [0.15, 0.2) is 71.8 Å².